The first-order valence-corrected chi connectivity index (χ1v) is 4.33. The molecule has 0 bridgehead atoms. The summed E-state index contributed by atoms with van der Waals surface area (Å²) in [5.74, 6) is 0. The van der Waals surface area contributed by atoms with E-state index in [4.69, 9.17) is 9.84 Å². The van der Waals surface area contributed by atoms with Gasteiger partial charge >= 0.3 is 0 Å². The maximum absolute atomic E-state index is 8.63. The molecule has 0 atom stereocenters. The van der Waals surface area contributed by atoms with Gasteiger partial charge in [0, 0.05) is 6.20 Å². The van der Waals surface area contributed by atoms with Crippen molar-refractivity contribution in [2.45, 2.75) is 19.4 Å². The lowest BCUT2D eigenvalue weighted by molar-refractivity contribution is -0.0397. The largest absolute Gasteiger partial charge is 0.394 e. The van der Waals surface area contributed by atoms with Crippen LogP contribution in [0.2, 0.25) is 0 Å². The predicted octanol–water partition coefficient (Wildman–Crippen LogP) is 1.33. The Labute approximate surface area is 78.4 Å². The number of nitrogens with zero attached hydrogens (tertiary/aromatic N) is 1. The van der Waals surface area contributed by atoms with Crippen LogP contribution >= 0.6 is 0 Å². The molecule has 0 saturated heterocycles. The summed E-state index contributed by atoms with van der Waals surface area (Å²) in [5.41, 5.74) is 0.452. The first-order chi connectivity index (χ1) is 6.17. The second-order valence-corrected chi connectivity index (χ2v) is 3.30. The van der Waals surface area contributed by atoms with Gasteiger partial charge in [-0.2, -0.15) is 0 Å². The number of aliphatic hydroxyl groups excluding tert-OH is 1. The van der Waals surface area contributed by atoms with Crippen molar-refractivity contribution < 1.29 is 9.84 Å². The average molecular weight is 181 g/mol. The zero-order valence-corrected chi connectivity index (χ0v) is 8.03. The van der Waals surface area contributed by atoms with Crippen molar-refractivity contribution in [3.05, 3.63) is 30.1 Å². The van der Waals surface area contributed by atoms with E-state index in [1.807, 2.05) is 32.0 Å². The zero-order chi connectivity index (χ0) is 9.73. The molecule has 1 aromatic rings. The predicted molar refractivity (Wildman–Crippen MR) is 50.3 cm³/mol. The normalized spacial score (nSPS) is 11.6. The van der Waals surface area contributed by atoms with E-state index in [1.54, 1.807) is 6.20 Å². The minimum atomic E-state index is -0.427. The molecule has 0 amide bonds. The van der Waals surface area contributed by atoms with Crippen molar-refractivity contribution in [3.63, 3.8) is 0 Å². The molecule has 0 aliphatic heterocycles. The molecule has 1 N–H and O–H groups in total. The number of hydrogen-bond acceptors (Lipinski definition) is 3. The van der Waals surface area contributed by atoms with E-state index >= 15 is 0 Å². The summed E-state index contributed by atoms with van der Waals surface area (Å²) in [6.45, 7) is 4.25. The van der Waals surface area contributed by atoms with Gasteiger partial charge in [-0.25, -0.2) is 0 Å². The van der Waals surface area contributed by atoms with Crippen LogP contribution in [-0.4, -0.2) is 23.3 Å². The second-order valence-electron chi connectivity index (χ2n) is 3.30. The van der Waals surface area contributed by atoms with Gasteiger partial charge in [-0.3, -0.25) is 4.98 Å². The highest BCUT2D eigenvalue weighted by Gasteiger charge is 2.21. The molecule has 0 unspecified atom stereocenters. The Morgan fingerprint density at radius 1 is 1.46 bits per heavy atom. The number of ether oxygens (including phenoxy) is 1. The Balaban J connectivity index is 2.69. The van der Waals surface area contributed by atoms with E-state index in [1.165, 1.54) is 0 Å². The van der Waals surface area contributed by atoms with Gasteiger partial charge in [0.25, 0.3) is 0 Å². The van der Waals surface area contributed by atoms with Crippen molar-refractivity contribution in [2.24, 2.45) is 0 Å². The summed E-state index contributed by atoms with van der Waals surface area (Å²) in [7, 11) is 0. The van der Waals surface area contributed by atoms with Gasteiger partial charge in [0.05, 0.1) is 18.9 Å². The molecular weight excluding hydrogens is 166 g/mol. The van der Waals surface area contributed by atoms with Crippen LogP contribution in [0.3, 0.4) is 0 Å². The van der Waals surface area contributed by atoms with E-state index < -0.39 is 5.60 Å². The van der Waals surface area contributed by atoms with E-state index in [0.29, 0.717) is 6.61 Å². The fourth-order valence-electron chi connectivity index (χ4n) is 1.09. The molecule has 0 fully saturated rings. The van der Waals surface area contributed by atoms with Crippen LogP contribution in [0.4, 0.5) is 0 Å². The summed E-state index contributed by atoms with van der Waals surface area (Å²) < 4.78 is 5.45. The fourth-order valence-corrected chi connectivity index (χ4v) is 1.09. The first-order valence-electron chi connectivity index (χ1n) is 4.33. The third kappa shape index (κ3) is 2.79. The quantitative estimate of drug-likeness (QED) is 0.761. The Kier molecular flexibility index (Phi) is 3.39. The van der Waals surface area contributed by atoms with Gasteiger partial charge in [0.15, 0.2) is 0 Å². The monoisotopic (exact) mass is 181 g/mol. The van der Waals surface area contributed by atoms with E-state index in [9.17, 15) is 0 Å². The first kappa shape index (κ1) is 10.2. The number of rotatable bonds is 4. The average Bonchev–Trinajstić information content (AvgIpc) is 2.16. The van der Waals surface area contributed by atoms with Gasteiger partial charge in [-0.15, -0.1) is 0 Å². The fraction of sp³-hybridized carbons (Fsp3) is 0.500. The molecule has 0 aliphatic carbocycles. The van der Waals surface area contributed by atoms with Gasteiger partial charge in [-0.05, 0) is 26.0 Å². The highest BCUT2D eigenvalue weighted by atomic mass is 16.5. The van der Waals surface area contributed by atoms with Crippen LogP contribution in [0.25, 0.3) is 0 Å². The Hall–Kier alpha value is -0.930. The van der Waals surface area contributed by atoms with Gasteiger partial charge in [0.1, 0.15) is 5.60 Å². The summed E-state index contributed by atoms with van der Waals surface area (Å²) in [4.78, 5) is 4.20. The summed E-state index contributed by atoms with van der Waals surface area (Å²) in [6.07, 6.45) is 1.74. The third-order valence-corrected chi connectivity index (χ3v) is 1.84. The van der Waals surface area contributed by atoms with Crippen LogP contribution in [0.15, 0.2) is 24.4 Å². The van der Waals surface area contributed by atoms with Crippen LogP contribution < -0.4 is 0 Å². The number of pyridine rings is 1. The number of aliphatic hydroxyl groups is 1. The van der Waals surface area contributed by atoms with E-state index in [2.05, 4.69) is 4.98 Å². The Morgan fingerprint density at radius 3 is 2.77 bits per heavy atom. The molecule has 72 valence electrons. The van der Waals surface area contributed by atoms with Crippen LogP contribution in [0.5, 0.6) is 0 Å². The standard InChI is InChI=1S/C10H15NO2/c1-10(2,13-8-7-12)9-5-3-4-6-11-9/h3-6,12H,7-8H2,1-2H3. The number of aromatic nitrogens is 1. The van der Waals surface area contributed by atoms with E-state index in [0.717, 1.165) is 5.69 Å². The lowest BCUT2D eigenvalue weighted by Crippen LogP contribution is -2.24. The lowest BCUT2D eigenvalue weighted by Gasteiger charge is -2.24. The van der Waals surface area contributed by atoms with Crippen LogP contribution in [0, 0.1) is 0 Å². The highest BCUT2D eigenvalue weighted by molar-refractivity contribution is 5.10. The van der Waals surface area contributed by atoms with E-state index in [-0.39, 0.29) is 6.61 Å². The zero-order valence-electron chi connectivity index (χ0n) is 8.03. The molecule has 13 heavy (non-hydrogen) atoms. The molecule has 0 radical (unpaired) electrons. The molecule has 0 saturated carbocycles. The molecular formula is C10H15NO2. The summed E-state index contributed by atoms with van der Waals surface area (Å²) in [6, 6.07) is 5.70. The van der Waals surface area contributed by atoms with Gasteiger partial charge in [0.2, 0.25) is 0 Å². The van der Waals surface area contributed by atoms with Crippen LogP contribution in [0.1, 0.15) is 19.5 Å². The third-order valence-electron chi connectivity index (χ3n) is 1.84. The highest BCUT2D eigenvalue weighted by Crippen LogP contribution is 2.21. The van der Waals surface area contributed by atoms with Crippen molar-refractivity contribution in [1.82, 2.24) is 4.98 Å². The molecule has 0 spiro atoms. The minimum Gasteiger partial charge on any atom is -0.394 e. The molecule has 1 aromatic heterocycles. The maximum atomic E-state index is 8.63. The van der Waals surface area contributed by atoms with Crippen LogP contribution in [-0.2, 0) is 10.3 Å². The number of hydrogen-bond donors (Lipinski definition) is 1. The Bertz CT molecular complexity index is 246. The summed E-state index contributed by atoms with van der Waals surface area (Å²) in [5, 5.41) is 8.63. The second kappa shape index (κ2) is 4.35. The molecule has 3 nitrogen and oxygen atoms in total. The minimum absolute atomic E-state index is 0.0380. The van der Waals surface area contributed by atoms with Gasteiger partial charge in [-0.1, -0.05) is 6.07 Å². The van der Waals surface area contributed by atoms with Crippen molar-refractivity contribution in [3.8, 4) is 0 Å². The SMILES string of the molecule is CC(C)(OCCO)c1ccccn1. The molecule has 1 heterocycles. The van der Waals surface area contributed by atoms with Crippen molar-refractivity contribution in [2.75, 3.05) is 13.2 Å². The topological polar surface area (TPSA) is 42.4 Å². The summed E-state index contributed by atoms with van der Waals surface area (Å²) >= 11 is 0. The molecule has 3 heteroatoms. The van der Waals surface area contributed by atoms with Crippen molar-refractivity contribution >= 4 is 0 Å². The smallest absolute Gasteiger partial charge is 0.104 e. The molecule has 0 aromatic carbocycles. The molecule has 1 rings (SSSR count). The maximum Gasteiger partial charge on any atom is 0.104 e. The Morgan fingerprint density at radius 2 is 2.23 bits per heavy atom. The van der Waals surface area contributed by atoms with Gasteiger partial charge < -0.3 is 9.84 Å². The molecule has 0 aliphatic rings. The van der Waals surface area contributed by atoms with Crippen molar-refractivity contribution in [1.29, 1.82) is 0 Å². The lowest BCUT2D eigenvalue weighted by atomic mass is 10.0.